The zero-order valence-corrected chi connectivity index (χ0v) is 20.3. The van der Waals surface area contributed by atoms with E-state index in [1.807, 2.05) is 19.1 Å². The van der Waals surface area contributed by atoms with Gasteiger partial charge < -0.3 is 0 Å². The van der Waals surface area contributed by atoms with Gasteiger partial charge in [-0.05, 0) is 42.8 Å². The lowest BCUT2D eigenvalue weighted by molar-refractivity contribution is -0.116. The fourth-order valence-electron chi connectivity index (χ4n) is 4.16. The van der Waals surface area contributed by atoms with E-state index < -0.39 is 23.5 Å². The minimum absolute atomic E-state index is 0.0916. The Hall–Kier alpha value is -4.43. The Labute approximate surface area is 210 Å². The molecule has 0 aliphatic carbocycles. The molecule has 2 heterocycles. The van der Waals surface area contributed by atoms with Gasteiger partial charge in [0.1, 0.15) is 5.82 Å². The van der Waals surface area contributed by atoms with Crippen LogP contribution in [0.5, 0.6) is 0 Å². The van der Waals surface area contributed by atoms with Gasteiger partial charge in [-0.15, -0.1) is 11.3 Å². The van der Waals surface area contributed by atoms with E-state index in [4.69, 9.17) is 0 Å². The van der Waals surface area contributed by atoms with Crippen LogP contribution in [0.2, 0.25) is 0 Å². The highest BCUT2D eigenvalue weighted by Gasteiger charge is 2.36. The molecule has 0 atom stereocenters. The second kappa shape index (κ2) is 9.31. The van der Waals surface area contributed by atoms with E-state index in [-0.39, 0.29) is 10.8 Å². The number of carbonyl (C=O) groups excluding carboxylic acids is 3. The molecule has 3 aromatic carbocycles. The van der Waals surface area contributed by atoms with Crippen LogP contribution in [-0.2, 0) is 9.59 Å². The van der Waals surface area contributed by atoms with Crippen LogP contribution in [-0.4, -0.2) is 22.7 Å². The second-order valence-electron chi connectivity index (χ2n) is 8.20. The number of aryl methyl sites for hydroxylation is 1. The fourth-order valence-corrected chi connectivity index (χ4v) is 5.00. The lowest BCUT2D eigenvalue weighted by Crippen LogP contribution is -2.42. The predicted molar refractivity (Wildman–Crippen MR) is 139 cm³/mol. The van der Waals surface area contributed by atoms with Crippen molar-refractivity contribution >= 4 is 57.2 Å². The van der Waals surface area contributed by atoms with Crippen LogP contribution >= 0.6 is 11.3 Å². The van der Waals surface area contributed by atoms with E-state index in [0.717, 1.165) is 16.9 Å². The number of fused-ring (bicyclic) bond motifs is 1. The van der Waals surface area contributed by atoms with Crippen molar-refractivity contribution in [3.63, 3.8) is 0 Å². The standard InChI is InChI=1S/C28H20FN3O3S/c1-17-9-3-7-13-24(17)32-26(34)21-11-5-4-10-20(21)22(27(32)35)15-19-16-36-28(30-19)31(18(2)33)25-14-8-6-12-23(25)29/h3-16H,1-2H3/b22-15+. The number of aromatic nitrogens is 1. The van der Waals surface area contributed by atoms with Crippen LogP contribution in [0, 0.1) is 12.7 Å². The van der Waals surface area contributed by atoms with Crippen LogP contribution in [0.3, 0.4) is 0 Å². The zero-order valence-electron chi connectivity index (χ0n) is 19.4. The number of para-hydroxylation sites is 2. The van der Waals surface area contributed by atoms with Crippen LogP contribution in [0.15, 0.2) is 78.2 Å². The average Bonchev–Trinajstić information content (AvgIpc) is 3.32. The maximum Gasteiger partial charge on any atom is 0.266 e. The van der Waals surface area contributed by atoms with E-state index in [9.17, 15) is 18.8 Å². The van der Waals surface area contributed by atoms with Gasteiger partial charge in [0.05, 0.1) is 22.6 Å². The van der Waals surface area contributed by atoms with Crippen LogP contribution in [0.25, 0.3) is 11.6 Å². The molecule has 1 aliphatic rings. The van der Waals surface area contributed by atoms with E-state index in [2.05, 4.69) is 4.98 Å². The summed E-state index contributed by atoms with van der Waals surface area (Å²) in [6.45, 7) is 3.17. The van der Waals surface area contributed by atoms with Crippen molar-refractivity contribution in [1.29, 1.82) is 0 Å². The number of hydrogen-bond acceptors (Lipinski definition) is 5. The van der Waals surface area contributed by atoms with Crippen molar-refractivity contribution in [3.05, 3.63) is 106 Å². The van der Waals surface area contributed by atoms with Gasteiger partial charge in [0, 0.05) is 23.4 Å². The summed E-state index contributed by atoms with van der Waals surface area (Å²) in [5.41, 5.74) is 3.00. The number of hydrogen-bond donors (Lipinski definition) is 0. The molecule has 1 aromatic heterocycles. The van der Waals surface area contributed by atoms with E-state index in [0.29, 0.717) is 28.1 Å². The Morgan fingerprint density at radius 1 is 0.944 bits per heavy atom. The Morgan fingerprint density at radius 2 is 1.61 bits per heavy atom. The molecule has 0 N–H and O–H groups in total. The van der Waals surface area contributed by atoms with Gasteiger partial charge in [0.25, 0.3) is 11.8 Å². The number of nitrogens with zero attached hydrogens (tertiary/aromatic N) is 3. The zero-order chi connectivity index (χ0) is 25.4. The molecule has 0 saturated heterocycles. The fraction of sp³-hybridized carbons (Fsp3) is 0.0714. The predicted octanol–water partition coefficient (Wildman–Crippen LogP) is 6.00. The van der Waals surface area contributed by atoms with E-state index in [1.165, 1.54) is 28.9 Å². The molecule has 36 heavy (non-hydrogen) atoms. The Bertz CT molecular complexity index is 1560. The number of carbonyl (C=O) groups is 3. The molecule has 3 amide bonds. The molecule has 0 unspecified atom stereocenters. The monoisotopic (exact) mass is 497 g/mol. The number of imide groups is 1. The van der Waals surface area contributed by atoms with Gasteiger partial charge in [0.15, 0.2) is 5.13 Å². The molecule has 0 fully saturated rings. The van der Waals surface area contributed by atoms with Crippen molar-refractivity contribution < 1.29 is 18.8 Å². The van der Waals surface area contributed by atoms with Crippen molar-refractivity contribution in [2.24, 2.45) is 0 Å². The summed E-state index contributed by atoms with van der Waals surface area (Å²) >= 11 is 1.15. The molecule has 0 spiro atoms. The van der Waals surface area contributed by atoms with Gasteiger partial charge in [-0.25, -0.2) is 14.3 Å². The maximum atomic E-state index is 14.4. The minimum Gasteiger partial charge on any atom is -0.274 e. The third-order valence-electron chi connectivity index (χ3n) is 5.84. The first kappa shape index (κ1) is 23.3. The SMILES string of the molecule is CC(=O)N(c1nc(/C=C2/C(=O)N(c3ccccc3C)C(=O)c3ccccc32)cs1)c1ccccc1F. The molecule has 0 saturated carbocycles. The highest BCUT2D eigenvalue weighted by Crippen LogP contribution is 2.36. The quantitative estimate of drug-likeness (QED) is 0.256. The molecule has 8 heteroatoms. The van der Waals surface area contributed by atoms with Crippen molar-refractivity contribution in [2.75, 3.05) is 9.80 Å². The minimum atomic E-state index is -0.549. The molecule has 1 aliphatic heterocycles. The Kier molecular flexibility index (Phi) is 6.03. The third kappa shape index (κ3) is 4.01. The number of rotatable bonds is 4. The third-order valence-corrected chi connectivity index (χ3v) is 6.69. The van der Waals surface area contributed by atoms with E-state index >= 15 is 0 Å². The summed E-state index contributed by atoms with van der Waals surface area (Å²) in [5, 5.41) is 1.95. The first-order valence-corrected chi connectivity index (χ1v) is 12.0. The molecule has 0 radical (unpaired) electrons. The van der Waals surface area contributed by atoms with Crippen molar-refractivity contribution in [3.8, 4) is 0 Å². The van der Waals surface area contributed by atoms with Crippen molar-refractivity contribution in [2.45, 2.75) is 13.8 Å². The smallest absolute Gasteiger partial charge is 0.266 e. The van der Waals surface area contributed by atoms with Gasteiger partial charge in [-0.2, -0.15) is 0 Å². The number of thiazole rings is 1. The summed E-state index contributed by atoms with van der Waals surface area (Å²) < 4.78 is 14.4. The summed E-state index contributed by atoms with van der Waals surface area (Å²) in [6, 6.07) is 20.1. The number of halogens is 1. The first-order chi connectivity index (χ1) is 17.4. The number of benzene rings is 3. The number of anilines is 3. The Balaban J connectivity index is 1.61. The molecule has 5 rings (SSSR count). The summed E-state index contributed by atoms with van der Waals surface area (Å²) in [5.74, 6) is -1.82. The highest BCUT2D eigenvalue weighted by molar-refractivity contribution is 7.14. The molecular formula is C28H20FN3O3S. The first-order valence-electron chi connectivity index (χ1n) is 11.1. The average molecular weight is 498 g/mol. The molecule has 6 nitrogen and oxygen atoms in total. The lowest BCUT2D eigenvalue weighted by atomic mass is 9.92. The van der Waals surface area contributed by atoms with E-state index in [1.54, 1.807) is 60.0 Å². The van der Waals surface area contributed by atoms with Crippen LogP contribution in [0.1, 0.15) is 34.1 Å². The van der Waals surface area contributed by atoms with Gasteiger partial charge in [-0.1, -0.05) is 48.5 Å². The normalized spacial score (nSPS) is 14.2. The van der Waals surface area contributed by atoms with Gasteiger partial charge in [0.2, 0.25) is 5.91 Å². The topological polar surface area (TPSA) is 70.6 Å². The molecule has 4 aromatic rings. The molecule has 0 bridgehead atoms. The second-order valence-corrected chi connectivity index (χ2v) is 9.03. The summed E-state index contributed by atoms with van der Waals surface area (Å²) in [6.07, 6.45) is 1.60. The lowest BCUT2D eigenvalue weighted by Gasteiger charge is -2.29. The van der Waals surface area contributed by atoms with Gasteiger partial charge in [-0.3, -0.25) is 19.3 Å². The highest BCUT2D eigenvalue weighted by atomic mass is 32.1. The number of amides is 3. The molecular weight excluding hydrogens is 477 g/mol. The summed E-state index contributed by atoms with van der Waals surface area (Å²) in [4.78, 5) is 46.3. The summed E-state index contributed by atoms with van der Waals surface area (Å²) in [7, 11) is 0. The van der Waals surface area contributed by atoms with Crippen molar-refractivity contribution in [1.82, 2.24) is 4.98 Å². The maximum absolute atomic E-state index is 14.4. The Morgan fingerprint density at radius 3 is 2.33 bits per heavy atom. The van der Waals surface area contributed by atoms with Crippen LogP contribution in [0.4, 0.5) is 20.9 Å². The van der Waals surface area contributed by atoms with Crippen LogP contribution < -0.4 is 9.80 Å². The molecule has 178 valence electrons. The van der Waals surface area contributed by atoms with Gasteiger partial charge >= 0.3 is 0 Å². The largest absolute Gasteiger partial charge is 0.274 e.